The Morgan fingerprint density at radius 1 is 1.45 bits per heavy atom. The first-order valence-electron chi connectivity index (χ1n) is 7.25. The van der Waals surface area contributed by atoms with Crippen LogP contribution in [0.2, 0.25) is 0 Å². The lowest BCUT2D eigenvalue weighted by atomic mass is 9.96. The van der Waals surface area contributed by atoms with Crippen LogP contribution in [0.25, 0.3) is 0 Å². The van der Waals surface area contributed by atoms with Crippen molar-refractivity contribution in [2.24, 2.45) is 0 Å². The second kappa shape index (κ2) is 5.87. The highest BCUT2D eigenvalue weighted by Crippen LogP contribution is 2.36. The Bertz CT molecular complexity index is 494. The molecule has 0 fully saturated rings. The lowest BCUT2D eigenvalue weighted by molar-refractivity contribution is -0.167. The molecule has 5 nitrogen and oxygen atoms in total. The van der Waals surface area contributed by atoms with Gasteiger partial charge in [-0.05, 0) is 32.6 Å². The average molecular weight is 281 g/mol. The second-order valence-corrected chi connectivity index (χ2v) is 5.09. The highest BCUT2D eigenvalue weighted by atomic mass is 16.5. The number of nitrogens with zero attached hydrogens (tertiary/aromatic N) is 1. The maximum Gasteiger partial charge on any atom is 0.344 e. The van der Waals surface area contributed by atoms with Gasteiger partial charge in [0.15, 0.2) is 0 Å². The summed E-state index contributed by atoms with van der Waals surface area (Å²) in [6.45, 7) is 4.58. The van der Waals surface area contributed by atoms with Gasteiger partial charge in [0.25, 0.3) is 0 Å². The normalized spacial score (nSPS) is 17.2. The Balaban J connectivity index is 2.49. The maximum absolute atomic E-state index is 12.2. The number of fused-ring (bicyclic) bond motifs is 1. The number of aliphatic hydroxyl groups is 1. The fourth-order valence-corrected chi connectivity index (χ4v) is 2.84. The summed E-state index contributed by atoms with van der Waals surface area (Å²) in [4.78, 5) is 12.2. The lowest BCUT2D eigenvalue weighted by Crippen LogP contribution is -2.39. The number of ether oxygens (including phenoxy) is 2. The minimum atomic E-state index is -1.60. The van der Waals surface area contributed by atoms with E-state index < -0.39 is 11.6 Å². The van der Waals surface area contributed by atoms with Gasteiger partial charge in [-0.25, -0.2) is 4.79 Å². The van der Waals surface area contributed by atoms with Crippen molar-refractivity contribution >= 4 is 5.97 Å². The van der Waals surface area contributed by atoms with Gasteiger partial charge in [0.1, 0.15) is 5.75 Å². The van der Waals surface area contributed by atoms with E-state index in [1.807, 2.05) is 4.57 Å². The number of methoxy groups -OCH3 is 1. The fraction of sp³-hybridized carbons (Fsp3) is 0.667. The topological polar surface area (TPSA) is 60.7 Å². The first-order chi connectivity index (χ1) is 9.58. The molecule has 1 aromatic heterocycles. The molecule has 0 aliphatic carbocycles. The molecule has 20 heavy (non-hydrogen) atoms. The molecule has 1 aliphatic heterocycles. The maximum atomic E-state index is 12.2. The number of carbonyl (C=O) groups excluding carboxylic acids is 1. The minimum Gasteiger partial charge on any atom is -0.495 e. The summed E-state index contributed by atoms with van der Waals surface area (Å²) in [6, 6.07) is 1.78. The first-order valence-corrected chi connectivity index (χ1v) is 7.25. The molecule has 0 radical (unpaired) electrons. The van der Waals surface area contributed by atoms with Crippen LogP contribution < -0.4 is 4.74 Å². The van der Waals surface area contributed by atoms with Gasteiger partial charge in [0, 0.05) is 12.6 Å². The molecule has 0 spiro atoms. The molecular weight excluding hydrogens is 258 g/mol. The van der Waals surface area contributed by atoms with Crippen LogP contribution in [0.15, 0.2) is 6.07 Å². The van der Waals surface area contributed by atoms with E-state index in [0.717, 1.165) is 37.3 Å². The zero-order chi connectivity index (χ0) is 14.8. The van der Waals surface area contributed by atoms with Crippen LogP contribution in [0.4, 0.5) is 0 Å². The molecule has 1 N–H and O–H groups in total. The molecule has 0 amide bonds. The summed E-state index contributed by atoms with van der Waals surface area (Å²) >= 11 is 0. The molecule has 5 heteroatoms. The highest BCUT2D eigenvalue weighted by molar-refractivity contribution is 5.81. The van der Waals surface area contributed by atoms with E-state index in [1.54, 1.807) is 27.0 Å². The number of aromatic nitrogens is 1. The van der Waals surface area contributed by atoms with Crippen LogP contribution in [-0.2, 0) is 28.1 Å². The predicted molar refractivity (Wildman–Crippen MR) is 74.7 cm³/mol. The summed E-state index contributed by atoms with van der Waals surface area (Å²) in [5.41, 5.74) is 0.0497. The fourth-order valence-electron chi connectivity index (χ4n) is 2.84. The van der Waals surface area contributed by atoms with Crippen LogP contribution in [0.3, 0.4) is 0 Å². The van der Waals surface area contributed by atoms with E-state index in [2.05, 4.69) is 0 Å². The third kappa shape index (κ3) is 2.30. The monoisotopic (exact) mass is 281 g/mol. The van der Waals surface area contributed by atoms with Crippen LogP contribution in [0.1, 0.15) is 44.5 Å². The van der Waals surface area contributed by atoms with Crippen LogP contribution in [0.5, 0.6) is 5.75 Å². The summed E-state index contributed by atoms with van der Waals surface area (Å²) in [7, 11) is 1.62. The number of rotatable bonds is 5. The summed E-state index contributed by atoms with van der Waals surface area (Å²) in [5, 5.41) is 10.8. The molecular formula is C15H23NO4. The van der Waals surface area contributed by atoms with E-state index >= 15 is 0 Å². The summed E-state index contributed by atoms with van der Waals surface area (Å²) in [5.74, 6) is 0.159. The van der Waals surface area contributed by atoms with E-state index in [4.69, 9.17) is 9.47 Å². The SMILES string of the molecule is CCOC(=O)C(O)(CC)c1cc(OC)c2n1CCCC2. The second-order valence-electron chi connectivity index (χ2n) is 5.09. The number of carbonyl (C=O) groups is 1. The summed E-state index contributed by atoms with van der Waals surface area (Å²) in [6.07, 6.45) is 3.33. The van der Waals surface area contributed by atoms with Crippen LogP contribution in [-0.4, -0.2) is 29.4 Å². The molecule has 1 atom stereocenters. The van der Waals surface area contributed by atoms with Crippen molar-refractivity contribution < 1.29 is 19.4 Å². The Labute approximate surface area is 119 Å². The molecule has 0 saturated carbocycles. The van der Waals surface area contributed by atoms with Crippen LogP contribution in [0, 0.1) is 0 Å². The Morgan fingerprint density at radius 3 is 2.80 bits per heavy atom. The molecule has 112 valence electrons. The highest BCUT2D eigenvalue weighted by Gasteiger charge is 2.42. The molecule has 0 aromatic carbocycles. The van der Waals surface area contributed by atoms with Gasteiger partial charge in [0.2, 0.25) is 5.60 Å². The molecule has 2 rings (SSSR count). The lowest BCUT2D eigenvalue weighted by Gasteiger charge is -2.28. The average Bonchev–Trinajstić information content (AvgIpc) is 2.86. The molecule has 2 heterocycles. The third-order valence-electron chi connectivity index (χ3n) is 3.98. The number of hydrogen-bond donors (Lipinski definition) is 1. The van der Waals surface area contributed by atoms with Crippen molar-refractivity contribution in [2.75, 3.05) is 13.7 Å². The Hall–Kier alpha value is -1.49. The zero-order valence-corrected chi connectivity index (χ0v) is 12.4. The van der Waals surface area contributed by atoms with Crippen molar-refractivity contribution in [1.82, 2.24) is 4.57 Å². The molecule has 1 unspecified atom stereocenters. The van der Waals surface area contributed by atoms with E-state index in [-0.39, 0.29) is 13.0 Å². The van der Waals surface area contributed by atoms with Crippen molar-refractivity contribution in [2.45, 2.75) is 51.7 Å². The smallest absolute Gasteiger partial charge is 0.344 e. The largest absolute Gasteiger partial charge is 0.495 e. The molecule has 0 saturated heterocycles. The van der Waals surface area contributed by atoms with Gasteiger partial charge < -0.3 is 19.1 Å². The molecule has 1 aromatic rings. The van der Waals surface area contributed by atoms with Gasteiger partial charge in [-0.3, -0.25) is 0 Å². The molecule has 1 aliphatic rings. The van der Waals surface area contributed by atoms with Gasteiger partial charge in [-0.15, -0.1) is 0 Å². The standard InChI is InChI=1S/C15H23NO4/c1-4-15(18,14(17)20-5-2)13-10-12(19-3)11-8-6-7-9-16(11)13/h10,18H,4-9H2,1-3H3. The minimum absolute atomic E-state index is 0.256. The van der Waals surface area contributed by atoms with Gasteiger partial charge in [-0.2, -0.15) is 0 Å². The van der Waals surface area contributed by atoms with Crippen molar-refractivity contribution in [3.8, 4) is 5.75 Å². The van der Waals surface area contributed by atoms with E-state index in [9.17, 15) is 9.90 Å². The Kier molecular flexibility index (Phi) is 4.38. The van der Waals surface area contributed by atoms with E-state index in [0.29, 0.717) is 5.69 Å². The number of esters is 1. The first kappa shape index (κ1) is 14.9. The van der Waals surface area contributed by atoms with Gasteiger partial charge in [0.05, 0.1) is 25.1 Å². The van der Waals surface area contributed by atoms with Gasteiger partial charge in [-0.1, -0.05) is 6.92 Å². The van der Waals surface area contributed by atoms with Crippen LogP contribution >= 0.6 is 0 Å². The van der Waals surface area contributed by atoms with Crippen molar-refractivity contribution in [3.05, 3.63) is 17.5 Å². The Morgan fingerprint density at radius 2 is 2.20 bits per heavy atom. The quantitative estimate of drug-likeness (QED) is 0.839. The summed E-state index contributed by atoms with van der Waals surface area (Å²) < 4.78 is 12.4. The van der Waals surface area contributed by atoms with E-state index in [1.165, 1.54) is 0 Å². The number of hydrogen-bond acceptors (Lipinski definition) is 4. The van der Waals surface area contributed by atoms with Gasteiger partial charge >= 0.3 is 5.97 Å². The van der Waals surface area contributed by atoms with Crippen molar-refractivity contribution in [3.63, 3.8) is 0 Å². The van der Waals surface area contributed by atoms with Crippen molar-refractivity contribution in [1.29, 1.82) is 0 Å². The predicted octanol–water partition coefficient (Wildman–Crippen LogP) is 1.99. The zero-order valence-electron chi connectivity index (χ0n) is 12.4. The molecule has 0 bridgehead atoms. The third-order valence-corrected chi connectivity index (χ3v) is 3.98.